The van der Waals surface area contributed by atoms with Crippen molar-refractivity contribution in [3.05, 3.63) is 59.7 Å². The van der Waals surface area contributed by atoms with Crippen molar-refractivity contribution in [1.82, 2.24) is 15.6 Å². The predicted octanol–water partition coefficient (Wildman–Crippen LogP) is 2.64. The molecule has 2 aromatic carbocycles. The predicted molar refractivity (Wildman–Crippen MR) is 106 cm³/mol. The molecule has 2 amide bonds. The molecule has 6 heteroatoms. The molecule has 1 aliphatic heterocycles. The van der Waals surface area contributed by atoms with Gasteiger partial charge in [0.1, 0.15) is 6.04 Å². The Morgan fingerprint density at radius 3 is 2.68 bits per heavy atom. The minimum atomic E-state index is -0.423. The molecule has 6 nitrogen and oxygen atoms in total. The van der Waals surface area contributed by atoms with Crippen molar-refractivity contribution >= 4 is 22.7 Å². The summed E-state index contributed by atoms with van der Waals surface area (Å²) in [5.41, 5.74) is 4.60. The molecule has 1 aliphatic rings. The Morgan fingerprint density at radius 2 is 1.96 bits per heavy atom. The van der Waals surface area contributed by atoms with Gasteiger partial charge in [-0.15, -0.1) is 0 Å². The third-order valence-corrected chi connectivity index (χ3v) is 5.10. The third-order valence-electron chi connectivity index (χ3n) is 5.10. The number of fused-ring (bicyclic) bond motifs is 1. The highest BCUT2D eigenvalue weighted by molar-refractivity contribution is 5.92. The molecule has 1 aromatic heterocycles. The van der Waals surface area contributed by atoms with E-state index in [0.29, 0.717) is 31.4 Å². The summed E-state index contributed by atoms with van der Waals surface area (Å²) in [5.74, 6) is -0.239. The Hall–Kier alpha value is -3.59. The zero-order valence-electron chi connectivity index (χ0n) is 15.3. The van der Waals surface area contributed by atoms with E-state index in [-0.39, 0.29) is 11.8 Å². The number of hydrogen-bond donors (Lipinski definition) is 3. The summed E-state index contributed by atoms with van der Waals surface area (Å²) < 4.78 is 0. The average Bonchev–Trinajstić information content (AvgIpc) is 3.30. The number of aromatic amines is 1. The molecule has 28 heavy (non-hydrogen) atoms. The number of carbonyl (C=O) groups excluding carboxylic acids is 2. The highest BCUT2D eigenvalue weighted by Gasteiger charge is 2.25. The Labute approximate surface area is 162 Å². The fraction of sp³-hybridized carbons (Fsp3) is 0.227. The molecule has 0 saturated carbocycles. The SMILES string of the molecule is N#Cc1ccc(-c2[nH]c3ccccc3c2CCC(=O)NC2CCNC2=O)cc1. The Balaban J connectivity index is 1.59. The lowest BCUT2D eigenvalue weighted by molar-refractivity contribution is -0.127. The van der Waals surface area contributed by atoms with Crippen molar-refractivity contribution in [1.29, 1.82) is 5.26 Å². The first kappa shape index (κ1) is 17.8. The average molecular weight is 372 g/mol. The largest absolute Gasteiger partial charge is 0.354 e. The maximum atomic E-state index is 12.4. The van der Waals surface area contributed by atoms with Crippen LogP contribution in [0.4, 0.5) is 0 Å². The fourth-order valence-corrected chi connectivity index (χ4v) is 3.65. The smallest absolute Gasteiger partial charge is 0.242 e. The Kier molecular flexibility index (Phi) is 4.81. The zero-order chi connectivity index (χ0) is 19.5. The highest BCUT2D eigenvalue weighted by atomic mass is 16.2. The van der Waals surface area contributed by atoms with Gasteiger partial charge in [-0.1, -0.05) is 30.3 Å². The van der Waals surface area contributed by atoms with Gasteiger partial charge in [-0.2, -0.15) is 5.26 Å². The minimum Gasteiger partial charge on any atom is -0.354 e. The van der Waals surface area contributed by atoms with Crippen molar-refractivity contribution in [3.63, 3.8) is 0 Å². The van der Waals surface area contributed by atoms with Crippen molar-refractivity contribution in [2.75, 3.05) is 6.54 Å². The van der Waals surface area contributed by atoms with Crippen molar-refractivity contribution < 1.29 is 9.59 Å². The molecule has 0 radical (unpaired) electrons. The molecule has 0 aliphatic carbocycles. The van der Waals surface area contributed by atoms with E-state index in [2.05, 4.69) is 21.7 Å². The Bertz CT molecular complexity index is 1080. The van der Waals surface area contributed by atoms with Gasteiger partial charge >= 0.3 is 0 Å². The molecule has 1 unspecified atom stereocenters. The second-order valence-electron chi connectivity index (χ2n) is 6.91. The van der Waals surface area contributed by atoms with Gasteiger partial charge < -0.3 is 15.6 Å². The third kappa shape index (κ3) is 3.47. The van der Waals surface area contributed by atoms with E-state index in [1.165, 1.54) is 0 Å². The molecule has 4 rings (SSSR count). The number of carbonyl (C=O) groups is 2. The normalized spacial score (nSPS) is 16.0. The first-order chi connectivity index (χ1) is 13.7. The monoisotopic (exact) mass is 372 g/mol. The van der Waals surface area contributed by atoms with Gasteiger partial charge in [0.25, 0.3) is 0 Å². The van der Waals surface area contributed by atoms with Crippen LogP contribution < -0.4 is 10.6 Å². The molecule has 2 heterocycles. The summed E-state index contributed by atoms with van der Waals surface area (Å²) in [6.07, 6.45) is 1.49. The van der Waals surface area contributed by atoms with Crippen LogP contribution in [0.5, 0.6) is 0 Å². The number of aryl methyl sites for hydroxylation is 1. The number of nitrogens with one attached hydrogen (secondary N) is 3. The standard InChI is InChI=1S/C22H20N4O2/c23-13-14-5-7-15(8-6-14)21-17(16-3-1-2-4-18(16)26-21)9-10-20(27)25-19-11-12-24-22(19)28/h1-8,19,26H,9-12H2,(H,24,28)(H,25,27). The molecule has 0 bridgehead atoms. The molecular weight excluding hydrogens is 352 g/mol. The number of nitriles is 1. The van der Waals surface area contributed by atoms with E-state index in [1.54, 1.807) is 12.1 Å². The topological polar surface area (TPSA) is 97.8 Å². The fourth-order valence-electron chi connectivity index (χ4n) is 3.65. The van der Waals surface area contributed by atoms with Crippen LogP contribution in [0.1, 0.15) is 24.0 Å². The number of rotatable bonds is 5. The molecule has 1 atom stereocenters. The molecule has 1 saturated heterocycles. The molecular formula is C22H20N4O2. The van der Waals surface area contributed by atoms with E-state index in [9.17, 15) is 9.59 Å². The lowest BCUT2D eigenvalue weighted by atomic mass is 10.00. The second kappa shape index (κ2) is 7.57. The summed E-state index contributed by atoms with van der Waals surface area (Å²) in [4.78, 5) is 27.5. The number of hydrogen-bond acceptors (Lipinski definition) is 3. The van der Waals surface area contributed by atoms with E-state index in [4.69, 9.17) is 5.26 Å². The molecule has 3 aromatic rings. The zero-order valence-corrected chi connectivity index (χ0v) is 15.3. The molecule has 0 spiro atoms. The summed E-state index contributed by atoms with van der Waals surface area (Å²) >= 11 is 0. The number of benzene rings is 2. The van der Waals surface area contributed by atoms with Crippen LogP contribution in [0.3, 0.4) is 0 Å². The quantitative estimate of drug-likeness (QED) is 0.642. The van der Waals surface area contributed by atoms with Crippen LogP contribution in [0.2, 0.25) is 0 Å². The maximum Gasteiger partial charge on any atom is 0.242 e. The number of nitrogens with zero attached hydrogens (tertiary/aromatic N) is 1. The number of H-pyrrole nitrogens is 1. The van der Waals surface area contributed by atoms with Gasteiger partial charge in [0.05, 0.1) is 11.6 Å². The van der Waals surface area contributed by atoms with Crippen molar-refractivity contribution in [2.45, 2.75) is 25.3 Å². The van der Waals surface area contributed by atoms with Crippen LogP contribution in [0.15, 0.2) is 48.5 Å². The number of amides is 2. The van der Waals surface area contributed by atoms with E-state index in [1.807, 2.05) is 36.4 Å². The minimum absolute atomic E-state index is 0.112. The van der Waals surface area contributed by atoms with Crippen molar-refractivity contribution in [2.24, 2.45) is 0 Å². The summed E-state index contributed by atoms with van der Waals surface area (Å²) in [7, 11) is 0. The summed E-state index contributed by atoms with van der Waals surface area (Å²) in [6.45, 7) is 0.606. The highest BCUT2D eigenvalue weighted by Crippen LogP contribution is 2.31. The second-order valence-corrected chi connectivity index (χ2v) is 6.91. The molecule has 140 valence electrons. The van der Waals surface area contributed by atoms with Crippen LogP contribution in [0, 0.1) is 11.3 Å². The molecule has 1 fully saturated rings. The van der Waals surface area contributed by atoms with Gasteiger partial charge in [-0.3, -0.25) is 9.59 Å². The van der Waals surface area contributed by atoms with E-state index >= 15 is 0 Å². The van der Waals surface area contributed by atoms with E-state index < -0.39 is 6.04 Å². The first-order valence-corrected chi connectivity index (χ1v) is 9.33. The van der Waals surface area contributed by atoms with Gasteiger partial charge in [0.15, 0.2) is 0 Å². The van der Waals surface area contributed by atoms with Gasteiger partial charge in [0.2, 0.25) is 11.8 Å². The van der Waals surface area contributed by atoms with Crippen LogP contribution in [-0.4, -0.2) is 29.4 Å². The number of aromatic nitrogens is 1. The van der Waals surface area contributed by atoms with Gasteiger partial charge in [-0.25, -0.2) is 0 Å². The Morgan fingerprint density at radius 1 is 1.18 bits per heavy atom. The summed E-state index contributed by atoms with van der Waals surface area (Å²) in [6, 6.07) is 17.1. The summed E-state index contributed by atoms with van der Waals surface area (Å²) in [5, 5.41) is 15.6. The van der Waals surface area contributed by atoms with Gasteiger partial charge in [0, 0.05) is 29.6 Å². The lowest BCUT2D eigenvalue weighted by Crippen LogP contribution is -2.40. The number of para-hydroxylation sites is 1. The lowest BCUT2D eigenvalue weighted by Gasteiger charge is -2.10. The van der Waals surface area contributed by atoms with Gasteiger partial charge in [-0.05, 0) is 42.2 Å². The van der Waals surface area contributed by atoms with Crippen LogP contribution in [0.25, 0.3) is 22.2 Å². The molecule has 3 N–H and O–H groups in total. The first-order valence-electron chi connectivity index (χ1n) is 9.33. The maximum absolute atomic E-state index is 12.4. The van der Waals surface area contributed by atoms with Crippen molar-refractivity contribution in [3.8, 4) is 17.3 Å². The van der Waals surface area contributed by atoms with E-state index in [0.717, 1.165) is 27.7 Å². The van der Waals surface area contributed by atoms with Crippen LogP contribution in [-0.2, 0) is 16.0 Å². The van der Waals surface area contributed by atoms with Crippen LogP contribution >= 0.6 is 0 Å².